The zero-order valence-electron chi connectivity index (χ0n) is 10.8. The molecule has 2 heterocycles. The van der Waals surface area contributed by atoms with Crippen LogP contribution in [0.4, 0.5) is 5.82 Å². The molecule has 2 aromatic heterocycles. The Morgan fingerprint density at radius 2 is 2.37 bits per heavy atom. The summed E-state index contributed by atoms with van der Waals surface area (Å²) in [5, 5.41) is 15.6. The van der Waals surface area contributed by atoms with Crippen LogP contribution in [0.2, 0.25) is 0 Å². The average Bonchev–Trinajstić information content (AvgIpc) is 2.68. The van der Waals surface area contributed by atoms with E-state index in [4.69, 9.17) is 0 Å². The van der Waals surface area contributed by atoms with Gasteiger partial charge >= 0.3 is 5.69 Å². The number of anilines is 1. The quantitative estimate of drug-likeness (QED) is 0.815. The Balaban J connectivity index is 2.05. The molecule has 0 saturated heterocycles. The Morgan fingerprint density at radius 1 is 1.58 bits per heavy atom. The highest BCUT2D eigenvalue weighted by atomic mass is 16.3. The maximum Gasteiger partial charge on any atom is 0.349 e. The van der Waals surface area contributed by atoms with Crippen molar-refractivity contribution in [3.8, 4) is 0 Å². The van der Waals surface area contributed by atoms with Crippen LogP contribution in [0.5, 0.6) is 0 Å². The van der Waals surface area contributed by atoms with Gasteiger partial charge in [-0.3, -0.25) is 0 Å². The molecule has 0 unspecified atom stereocenters. The van der Waals surface area contributed by atoms with Crippen molar-refractivity contribution in [1.29, 1.82) is 0 Å². The van der Waals surface area contributed by atoms with Crippen LogP contribution in [0, 0.1) is 6.92 Å². The molecule has 7 heteroatoms. The molecule has 19 heavy (non-hydrogen) atoms. The fraction of sp³-hybridized carbons (Fsp3) is 0.583. The number of hydrogen-bond acceptors (Lipinski definition) is 5. The Labute approximate surface area is 109 Å². The first-order chi connectivity index (χ1) is 9.20. The van der Waals surface area contributed by atoms with Gasteiger partial charge in [-0.15, -0.1) is 0 Å². The lowest BCUT2D eigenvalue weighted by Crippen LogP contribution is -2.42. The van der Waals surface area contributed by atoms with Crippen molar-refractivity contribution in [3.05, 3.63) is 22.4 Å². The number of aliphatic hydroxyl groups is 1. The number of rotatable bonds is 4. The van der Waals surface area contributed by atoms with Crippen LogP contribution in [0.3, 0.4) is 0 Å². The summed E-state index contributed by atoms with van der Waals surface area (Å²) in [7, 11) is 0. The number of aromatic nitrogens is 4. The van der Waals surface area contributed by atoms with Gasteiger partial charge in [0.2, 0.25) is 0 Å². The van der Waals surface area contributed by atoms with E-state index < -0.39 is 0 Å². The monoisotopic (exact) mass is 263 g/mol. The maximum absolute atomic E-state index is 11.6. The Kier molecular flexibility index (Phi) is 2.98. The van der Waals surface area contributed by atoms with Crippen molar-refractivity contribution in [3.63, 3.8) is 0 Å². The fourth-order valence-corrected chi connectivity index (χ4v) is 2.52. The Hall–Kier alpha value is -1.89. The minimum Gasteiger partial charge on any atom is -0.395 e. The second-order valence-electron chi connectivity index (χ2n) is 4.89. The molecule has 2 aromatic rings. The average molecular weight is 263 g/mol. The normalized spacial score (nSPS) is 15.7. The van der Waals surface area contributed by atoms with Crippen LogP contribution >= 0.6 is 0 Å². The van der Waals surface area contributed by atoms with Gasteiger partial charge in [0.25, 0.3) is 0 Å². The summed E-state index contributed by atoms with van der Waals surface area (Å²) in [6.45, 7) is 2.43. The summed E-state index contributed by atoms with van der Waals surface area (Å²) in [6, 6.07) is 2.23. The Bertz CT molecular complexity index is 643. The van der Waals surface area contributed by atoms with Crippen LogP contribution in [-0.2, 0) is 0 Å². The molecule has 7 nitrogen and oxygen atoms in total. The van der Waals surface area contributed by atoms with Gasteiger partial charge in [-0.25, -0.2) is 19.3 Å². The molecule has 102 valence electrons. The summed E-state index contributed by atoms with van der Waals surface area (Å²) in [6.07, 6.45) is 3.47. The van der Waals surface area contributed by atoms with E-state index in [0.717, 1.165) is 18.7 Å². The second-order valence-corrected chi connectivity index (χ2v) is 4.89. The van der Waals surface area contributed by atoms with E-state index in [9.17, 15) is 9.90 Å². The molecule has 0 radical (unpaired) electrons. The Morgan fingerprint density at radius 3 is 3.00 bits per heavy atom. The highest BCUT2D eigenvalue weighted by Crippen LogP contribution is 2.28. The van der Waals surface area contributed by atoms with E-state index in [1.165, 1.54) is 10.8 Å². The van der Waals surface area contributed by atoms with E-state index in [1.54, 1.807) is 13.0 Å². The molecule has 2 N–H and O–H groups in total. The highest BCUT2D eigenvalue weighted by molar-refractivity contribution is 5.52. The molecule has 0 bridgehead atoms. The van der Waals surface area contributed by atoms with Crippen LogP contribution in [0.1, 0.15) is 25.1 Å². The zero-order valence-corrected chi connectivity index (χ0v) is 10.8. The molecule has 0 atom stereocenters. The first kappa shape index (κ1) is 12.2. The number of aliphatic hydroxyl groups excluding tert-OH is 1. The molecule has 1 fully saturated rings. The summed E-state index contributed by atoms with van der Waals surface area (Å²) >= 11 is 0. The van der Waals surface area contributed by atoms with E-state index in [1.807, 2.05) is 0 Å². The minimum absolute atomic E-state index is 0.0930. The van der Waals surface area contributed by atoms with Crippen molar-refractivity contribution in [2.75, 3.05) is 18.1 Å². The van der Waals surface area contributed by atoms with E-state index in [0.29, 0.717) is 24.1 Å². The maximum atomic E-state index is 11.6. The third-order valence-electron chi connectivity index (χ3n) is 3.71. The summed E-state index contributed by atoms with van der Waals surface area (Å²) in [5.41, 5.74) is 0.290. The van der Waals surface area contributed by atoms with Gasteiger partial charge in [0.15, 0.2) is 5.65 Å². The number of hydrogen-bond donors (Lipinski definition) is 2. The first-order valence-corrected chi connectivity index (χ1v) is 6.53. The third kappa shape index (κ3) is 1.99. The van der Waals surface area contributed by atoms with E-state index in [-0.39, 0.29) is 12.3 Å². The van der Waals surface area contributed by atoms with Gasteiger partial charge in [0, 0.05) is 18.7 Å². The SMILES string of the molecule is Cc1nc(N(CCO)C2CCC2)cc2n[nH]c(=O)n12. The smallest absolute Gasteiger partial charge is 0.349 e. The van der Waals surface area contributed by atoms with Crippen molar-refractivity contribution in [2.45, 2.75) is 32.2 Å². The van der Waals surface area contributed by atoms with Gasteiger partial charge in [-0.2, -0.15) is 5.10 Å². The number of aromatic amines is 1. The van der Waals surface area contributed by atoms with Crippen molar-refractivity contribution in [2.24, 2.45) is 0 Å². The van der Waals surface area contributed by atoms with Crippen molar-refractivity contribution >= 4 is 11.5 Å². The molecular weight excluding hydrogens is 246 g/mol. The van der Waals surface area contributed by atoms with Crippen LogP contribution < -0.4 is 10.6 Å². The zero-order chi connectivity index (χ0) is 13.4. The predicted octanol–water partition coefficient (Wildman–Crippen LogP) is 0.0772. The molecule has 1 aliphatic rings. The van der Waals surface area contributed by atoms with Crippen LogP contribution in [0.15, 0.2) is 10.9 Å². The third-order valence-corrected chi connectivity index (χ3v) is 3.71. The largest absolute Gasteiger partial charge is 0.395 e. The molecule has 0 spiro atoms. The molecular formula is C12H17N5O2. The first-order valence-electron chi connectivity index (χ1n) is 6.53. The molecule has 0 amide bonds. The highest BCUT2D eigenvalue weighted by Gasteiger charge is 2.26. The molecule has 3 rings (SSSR count). The van der Waals surface area contributed by atoms with Gasteiger partial charge < -0.3 is 10.0 Å². The van der Waals surface area contributed by atoms with Crippen molar-refractivity contribution < 1.29 is 5.11 Å². The lowest BCUT2D eigenvalue weighted by molar-refractivity contribution is 0.283. The number of H-pyrrole nitrogens is 1. The molecule has 1 aliphatic carbocycles. The lowest BCUT2D eigenvalue weighted by Gasteiger charge is -2.38. The van der Waals surface area contributed by atoms with Gasteiger partial charge in [-0.05, 0) is 26.2 Å². The summed E-state index contributed by atoms with van der Waals surface area (Å²) in [5.74, 6) is 1.39. The fourth-order valence-electron chi connectivity index (χ4n) is 2.52. The van der Waals surface area contributed by atoms with E-state index >= 15 is 0 Å². The molecule has 0 aliphatic heterocycles. The molecule has 0 aromatic carbocycles. The van der Waals surface area contributed by atoms with Gasteiger partial charge in [0.05, 0.1) is 6.61 Å². The standard InChI is InChI=1S/C12H17N5O2/c1-8-13-10(7-11-14-15-12(19)17(8)11)16(5-6-18)9-3-2-4-9/h7,9,18H,2-6H2,1H3,(H,15,19). The minimum atomic E-state index is -0.274. The van der Waals surface area contributed by atoms with E-state index in [2.05, 4.69) is 20.1 Å². The van der Waals surface area contributed by atoms with Crippen LogP contribution in [-0.4, -0.2) is 43.9 Å². The number of aryl methyl sites for hydroxylation is 1. The predicted molar refractivity (Wildman–Crippen MR) is 70.4 cm³/mol. The topological polar surface area (TPSA) is 86.5 Å². The summed E-state index contributed by atoms with van der Waals surface area (Å²) < 4.78 is 1.45. The lowest BCUT2D eigenvalue weighted by atomic mass is 9.91. The van der Waals surface area contributed by atoms with Crippen LogP contribution in [0.25, 0.3) is 5.65 Å². The van der Waals surface area contributed by atoms with Gasteiger partial charge in [0.1, 0.15) is 11.6 Å². The second kappa shape index (κ2) is 4.65. The van der Waals surface area contributed by atoms with Gasteiger partial charge in [-0.1, -0.05) is 0 Å². The number of fused-ring (bicyclic) bond motifs is 1. The number of nitrogens with one attached hydrogen (secondary N) is 1. The molecule has 1 saturated carbocycles. The van der Waals surface area contributed by atoms with Crippen molar-refractivity contribution in [1.82, 2.24) is 19.6 Å². The number of nitrogens with zero attached hydrogens (tertiary/aromatic N) is 4. The summed E-state index contributed by atoms with van der Waals surface area (Å²) in [4.78, 5) is 18.1.